The SMILES string of the molecule is CC(C)(C)NC(=O)N1CCCC(C(C)(C)C(=O)O)C1. The van der Waals surface area contributed by atoms with Crippen LogP contribution in [0.2, 0.25) is 0 Å². The van der Waals surface area contributed by atoms with Crippen LogP contribution in [0.4, 0.5) is 4.79 Å². The van der Waals surface area contributed by atoms with E-state index >= 15 is 0 Å². The number of hydrogen-bond acceptors (Lipinski definition) is 2. The maximum atomic E-state index is 12.1. The van der Waals surface area contributed by atoms with E-state index in [0.717, 1.165) is 12.8 Å². The van der Waals surface area contributed by atoms with Crippen LogP contribution in [0.5, 0.6) is 0 Å². The number of piperidine rings is 1. The highest BCUT2D eigenvalue weighted by Gasteiger charge is 2.40. The lowest BCUT2D eigenvalue weighted by atomic mass is 9.74. The van der Waals surface area contributed by atoms with Crippen molar-refractivity contribution in [3.63, 3.8) is 0 Å². The van der Waals surface area contributed by atoms with E-state index in [9.17, 15) is 14.7 Å². The van der Waals surface area contributed by atoms with Crippen molar-refractivity contribution in [2.24, 2.45) is 11.3 Å². The van der Waals surface area contributed by atoms with Crippen LogP contribution in [-0.4, -0.2) is 40.6 Å². The maximum absolute atomic E-state index is 12.1. The van der Waals surface area contributed by atoms with Gasteiger partial charge in [0.25, 0.3) is 0 Å². The Balaban J connectivity index is 2.70. The monoisotopic (exact) mass is 270 g/mol. The third kappa shape index (κ3) is 4.11. The summed E-state index contributed by atoms with van der Waals surface area (Å²) in [6, 6.07) is -0.0987. The topological polar surface area (TPSA) is 69.6 Å². The maximum Gasteiger partial charge on any atom is 0.317 e. The van der Waals surface area contributed by atoms with Gasteiger partial charge in [0.1, 0.15) is 0 Å². The molecule has 0 aromatic carbocycles. The molecule has 0 radical (unpaired) electrons. The van der Waals surface area contributed by atoms with Crippen molar-refractivity contribution in [2.45, 2.75) is 53.0 Å². The highest BCUT2D eigenvalue weighted by molar-refractivity contribution is 5.76. The van der Waals surface area contributed by atoms with Crippen LogP contribution in [0, 0.1) is 11.3 Å². The highest BCUT2D eigenvalue weighted by Crippen LogP contribution is 2.34. The van der Waals surface area contributed by atoms with Gasteiger partial charge in [0.05, 0.1) is 5.41 Å². The average Bonchev–Trinajstić information content (AvgIpc) is 2.26. The third-order valence-corrected chi connectivity index (χ3v) is 3.76. The largest absolute Gasteiger partial charge is 0.481 e. The first-order chi connectivity index (χ1) is 8.54. The normalized spacial score (nSPS) is 21.1. The Labute approximate surface area is 115 Å². The van der Waals surface area contributed by atoms with E-state index in [1.165, 1.54) is 0 Å². The molecule has 0 aromatic rings. The summed E-state index contributed by atoms with van der Waals surface area (Å²) < 4.78 is 0. The van der Waals surface area contributed by atoms with Gasteiger partial charge in [-0.3, -0.25) is 4.79 Å². The van der Waals surface area contributed by atoms with Gasteiger partial charge in [-0.15, -0.1) is 0 Å². The van der Waals surface area contributed by atoms with Crippen LogP contribution in [0.3, 0.4) is 0 Å². The molecule has 0 saturated carbocycles. The van der Waals surface area contributed by atoms with Crippen molar-refractivity contribution in [2.75, 3.05) is 13.1 Å². The van der Waals surface area contributed by atoms with Gasteiger partial charge in [0.2, 0.25) is 0 Å². The molecule has 0 bridgehead atoms. The fraction of sp³-hybridized carbons (Fsp3) is 0.857. The molecule has 1 aliphatic rings. The first-order valence-corrected chi connectivity index (χ1v) is 6.84. The number of urea groups is 1. The van der Waals surface area contributed by atoms with Crippen LogP contribution in [0.25, 0.3) is 0 Å². The zero-order valence-corrected chi connectivity index (χ0v) is 12.6. The summed E-state index contributed by atoms with van der Waals surface area (Å²) in [6.45, 7) is 10.5. The number of carbonyl (C=O) groups excluding carboxylic acids is 1. The van der Waals surface area contributed by atoms with Crippen LogP contribution < -0.4 is 5.32 Å². The molecular weight excluding hydrogens is 244 g/mol. The predicted octanol–water partition coefficient (Wildman–Crippen LogP) is 2.32. The van der Waals surface area contributed by atoms with Crippen LogP contribution in [0.15, 0.2) is 0 Å². The number of likely N-dealkylation sites (tertiary alicyclic amines) is 1. The van der Waals surface area contributed by atoms with E-state index in [1.807, 2.05) is 20.8 Å². The van der Waals surface area contributed by atoms with E-state index in [4.69, 9.17) is 0 Å². The predicted molar refractivity (Wildman–Crippen MR) is 74.0 cm³/mol. The van der Waals surface area contributed by atoms with Crippen molar-refractivity contribution < 1.29 is 14.7 Å². The van der Waals surface area contributed by atoms with Gasteiger partial charge in [0, 0.05) is 18.6 Å². The van der Waals surface area contributed by atoms with E-state index in [2.05, 4.69) is 5.32 Å². The molecule has 1 rings (SSSR count). The summed E-state index contributed by atoms with van der Waals surface area (Å²) >= 11 is 0. The van der Waals surface area contributed by atoms with Crippen LogP contribution in [-0.2, 0) is 4.79 Å². The van der Waals surface area contributed by atoms with Gasteiger partial charge in [-0.05, 0) is 53.4 Å². The van der Waals surface area contributed by atoms with Crippen molar-refractivity contribution >= 4 is 12.0 Å². The van der Waals surface area contributed by atoms with Gasteiger partial charge in [-0.1, -0.05) is 0 Å². The number of carboxylic acids is 1. The summed E-state index contributed by atoms with van der Waals surface area (Å²) in [5.41, 5.74) is -1.06. The minimum Gasteiger partial charge on any atom is -0.481 e. The molecule has 1 saturated heterocycles. The van der Waals surface area contributed by atoms with E-state index < -0.39 is 11.4 Å². The standard InChI is InChI=1S/C14H26N2O3/c1-13(2,3)15-12(19)16-8-6-7-10(9-16)14(4,5)11(17)18/h10H,6-9H2,1-5H3,(H,15,19)(H,17,18). The molecule has 1 aliphatic heterocycles. The first kappa shape index (κ1) is 15.8. The fourth-order valence-corrected chi connectivity index (χ4v) is 2.33. The lowest BCUT2D eigenvalue weighted by Gasteiger charge is -2.40. The molecule has 1 unspecified atom stereocenters. The molecule has 5 heteroatoms. The van der Waals surface area contributed by atoms with Crippen molar-refractivity contribution in [1.29, 1.82) is 0 Å². The average molecular weight is 270 g/mol. The number of carboxylic acid groups (broad SMARTS) is 1. The second kappa shape index (κ2) is 5.39. The molecule has 1 heterocycles. The summed E-state index contributed by atoms with van der Waals surface area (Å²) in [7, 11) is 0. The highest BCUT2D eigenvalue weighted by atomic mass is 16.4. The lowest BCUT2D eigenvalue weighted by molar-refractivity contribution is -0.151. The van der Waals surface area contributed by atoms with E-state index in [1.54, 1.807) is 18.7 Å². The molecule has 1 fully saturated rings. The molecule has 0 aromatic heterocycles. The summed E-state index contributed by atoms with van der Waals surface area (Å²) in [5, 5.41) is 12.2. The Morgan fingerprint density at radius 1 is 1.21 bits per heavy atom. The Morgan fingerprint density at radius 2 is 1.79 bits per heavy atom. The molecular formula is C14H26N2O3. The van der Waals surface area contributed by atoms with E-state index in [-0.39, 0.29) is 17.5 Å². The van der Waals surface area contributed by atoms with Gasteiger partial charge in [-0.2, -0.15) is 0 Å². The number of hydrogen-bond donors (Lipinski definition) is 2. The lowest BCUT2D eigenvalue weighted by Crippen LogP contribution is -2.53. The molecule has 0 spiro atoms. The Morgan fingerprint density at radius 3 is 2.26 bits per heavy atom. The second-order valence-corrected chi connectivity index (χ2v) is 6.99. The number of carbonyl (C=O) groups is 2. The van der Waals surface area contributed by atoms with Gasteiger partial charge < -0.3 is 15.3 Å². The quantitative estimate of drug-likeness (QED) is 0.809. The Bertz CT molecular complexity index is 358. The molecule has 19 heavy (non-hydrogen) atoms. The Hall–Kier alpha value is -1.26. The minimum absolute atomic E-state index is 0.00414. The summed E-state index contributed by atoms with van der Waals surface area (Å²) in [6.07, 6.45) is 1.72. The van der Waals surface area contributed by atoms with Crippen molar-refractivity contribution in [1.82, 2.24) is 10.2 Å². The smallest absolute Gasteiger partial charge is 0.317 e. The Kier molecular flexibility index (Phi) is 4.48. The molecule has 5 nitrogen and oxygen atoms in total. The number of aliphatic carboxylic acids is 1. The van der Waals surface area contributed by atoms with Gasteiger partial charge in [0.15, 0.2) is 0 Å². The molecule has 110 valence electrons. The fourth-order valence-electron chi connectivity index (χ4n) is 2.33. The third-order valence-electron chi connectivity index (χ3n) is 3.76. The van der Waals surface area contributed by atoms with Crippen molar-refractivity contribution in [3.05, 3.63) is 0 Å². The summed E-state index contributed by atoms with van der Waals surface area (Å²) in [4.78, 5) is 25.2. The van der Waals surface area contributed by atoms with Crippen molar-refractivity contribution in [3.8, 4) is 0 Å². The molecule has 0 aliphatic carbocycles. The molecule has 1 atom stereocenters. The van der Waals surface area contributed by atoms with Gasteiger partial charge >= 0.3 is 12.0 Å². The number of amides is 2. The second-order valence-electron chi connectivity index (χ2n) is 6.99. The van der Waals surface area contributed by atoms with Gasteiger partial charge in [-0.25, -0.2) is 4.79 Å². The first-order valence-electron chi connectivity index (χ1n) is 6.84. The zero-order chi connectivity index (χ0) is 14.8. The minimum atomic E-state index is -0.796. The zero-order valence-electron chi connectivity index (χ0n) is 12.6. The molecule has 2 amide bonds. The van der Waals surface area contributed by atoms with Crippen LogP contribution in [0.1, 0.15) is 47.5 Å². The van der Waals surface area contributed by atoms with Crippen LogP contribution >= 0.6 is 0 Å². The molecule has 2 N–H and O–H groups in total. The number of nitrogens with zero attached hydrogens (tertiary/aromatic N) is 1. The summed E-state index contributed by atoms with van der Waals surface area (Å²) in [5.74, 6) is -0.792. The number of rotatable bonds is 2. The number of nitrogens with one attached hydrogen (secondary N) is 1. The van der Waals surface area contributed by atoms with E-state index in [0.29, 0.717) is 13.1 Å².